The molecule has 1 amide bonds. The monoisotopic (exact) mass is 443 g/mol. The lowest BCUT2D eigenvalue weighted by atomic mass is 10.00. The third-order valence-electron chi connectivity index (χ3n) is 3.64. The molecule has 0 aliphatic heterocycles. The number of carbonyl (C=O) groups excluding carboxylic acids is 3. The lowest BCUT2D eigenvalue weighted by Gasteiger charge is -2.19. The summed E-state index contributed by atoms with van der Waals surface area (Å²) in [6.07, 6.45) is -11.7. The van der Waals surface area contributed by atoms with Crippen molar-refractivity contribution in [2.75, 3.05) is 6.61 Å². The summed E-state index contributed by atoms with van der Waals surface area (Å²) in [5.74, 6) is -5.25. The molecular weight excluding hydrogens is 428 g/mol. The lowest BCUT2D eigenvalue weighted by molar-refractivity contribution is -0.144. The van der Waals surface area contributed by atoms with Gasteiger partial charge in [-0.05, 0) is 18.6 Å². The predicted octanol–water partition coefficient (Wildman–Crippen LogP) is 2.82. The zero-order valence-corrected chi connectivity index (χ0v) is 15.2. The van der Waals surface area contributed by atoms with Gasteiger partial charge in [0.15, 0.2) is 12.4 Å². The number of carboxylic acid groups (broad SMARTS) is 1. The van der Waals surface area contributed by atoms with Crippen molar-refractivity contribution in [3.05, 3.63) is 34.9 Å². The number of nitrogens with one attached hydrogen (secondary N) is 1. The maximum atomic E-state index is 13.1. The number of esters is 1. The molecule has 1 rings (SSSR count). The summed E-state index contributed by atoms with van der Waals surface area (Å²) >= 11 is 0. The molecule has 0 bridgehead atoms. The van der Waals surface area contributed by atoms with Crippen LogP contribution in [0.25, 0.3) is 0 Å². The Morgan fingerprint density at radius 1 is 1.03 bits per heavy atom. The van der Waals surface area contributed by atoms with Crippen molar-refractivity contribution in [3.63, 3.8) is 0 Å². The minimum absolute atomic E-state index is 0.251. The average molecular weight is 443 g/mol. The van der Waals surface area contributed by atoms with E-state index in [0.717, 1.165) is 6.92 Å². The number of halogens is 6. The van der Waals surface area contributed by atoms with Crippen LogP contribution in [0.1, 0.15) is 41.3 Å². The van der Waals surface area contributed by atoms with Gasteiger partial charge in [0.25, 0.3) is 0 Å². The number of carboxylic acids is 1. The summed E-state index contributed by atoms with van der Waals surface area (Å²) < 4.78 is 82.8. The third kappa shape index (κ3) is 7.04. The van der Waals surface area contributed by atoms with Crippen LogP contribution in [0.4, 0.5) is 26.3 Å². The molecule has 2 N–H and O–H groups in total. The highest BCUT2D eigenvalue weighted by Gasteiger charge is 2.43. The summed E-state index contributed by atoms with van der Waals surface area (Å²) in [7, 11) is 0. The van der Waals surface area contributed by atoms with Gasteiger partial charge in [0.05, 0.1) is 22.7 Å². The van der Waals surface area contributed by atoms with Gasteiger partial charge >= 0.3 is 24.3 Å². The van der Waals surface area contributed by atoms with Gasteiger partial charge in [-0.1, -0.05) is 6.07 Å². The Kier molecular flexibility index (Phi) is 7.96. The van der Waals surface area contributed by atoms with Gasteiger partial charge in [0.1, 0.15) is 0 Å². The summed E-state index contributed by atoms with van der Waals surface area (Å²) in [6.45, 7) is -0.296. The van der Waals surface area contributed by atoms with E-state index in [1.807, 2.05) is 0 Å². The second kappa shape index (κ2) is 9.59. The first-order valence-corrected chi connectivity index (χ1v) is 8.10. The van der Waals surface area contributed by atoms with E-state index in [4.69, 9.17) is 5.11 Å². The maximum Gasteiger partial charge on any atom is 0.417 e. The van der Waals surface area contributed by atoms with Gasteiger partial charge < -0.3 is 15.2 Å². The molecule has 166 valence electrons. The molecule has 0 saturated heterocycles. The summed E-state index contributed by atoms with van der Waals surface area (Å²) in [6, 6.07) is -0.501. The first-order valence-electron chi connectivity index (χ1n) is 8.10. The van der Waals surface area contributed by atoms with Crippen LogP contribution >= 0.6 is 0 Å². The highest BCUT2D eigenvalue weighted by molar-refractivity contribution is 5.96. The number of carbonyl (C=O) groups is 4. The summed E-state index contributed by atoms with van der Waals surface area (Å²) in [5, 5.41) is 10.7. The lowest BCUT2D eigenvalue weighted by Crippen LogP contribution is -2.42. The van der Waals surface area contributed by atoms with Crippen LogP contribution in [0, 0.1) is 0 Å². The van der Waals surface area contributed by atoms with Crippen molar-refractivity contribution in [2.45, 2.75) is 38.2 Å². The van der Waals surface area contributed by atoms with Gasteiger partial charge in [0.2, 0.25) is 5.91 Å². The minimum Gasteiger partial charge on any atom is -0.481 e. The molecule has 0 radical (unpaired) electrons. The van der Waals surface area contributed by atoms with Crippen molar-refractivity contribution in [1.29, 1.82) is 0 Å². The standard InChI is InChI=1S/C17H15F6NO6/c1-8(25)24-11(5-6-13(27)28)12(26)7-30-15(29)14-9(16(18,19)20)3-2-4-10(14)17(21,22)23/h2-4,11H,5-7H2,1H3,(H,24,25)(H,27,28). The van der Waals surface area contributed by atoms with Crippen molar-refractivity contribution < 1.29 is 55.4 Å². The molecular formula is C17H15F6NO6. The van der Waals surface area contributed by atoms with Gasteiger partial charge in [-0.2, -0.15) is 26.3 Å². The Morgan fingerprint density at radius 3 is 1.93 bits per heavy atom. The highest BCUT2D eigenvalue weighted by Crippen LogP contribution is 2.39. The molecule has 7 nitrogen and oxygen atoms in total. The predicted molar refractivity (Wildman–Crippen MR) is 86.2 cm³/mol. The molecule has 1 aromatic rings. The number of hydrogen-bond donors (Lipinski definition) is 2. The second-order valence-corrected chi connectivity index (χ2v) is 5.95. The van der Waals surface area contributed by atoms with Crippen molar-refractivity contribution in [2.24, 2.45) is 0 Å². The molecule has 0 aliphatic carbocycles. The Balaban J connectivity index is 3.13. The van der Waals surface area contributed by atoms with Crippen molar-refractivity contribution in [3.8, 4) is 0 Å². The van der Waals surface area contributed by atoms with Crippen LogP contribution in [0.2, 0.25) is 0 Å². The molecule has 0 heterocycles. The number of benzene rings is 1. The third-order valence-corrected chi connectivity index (χ3v) is 3.64. The van der Waals surface area contributed by atoms with E-state index in [1.54, 1.807) is 0 Å². The van der Waals surface area contributed by atoms with Gasteiger partial charge in [0, 0.05) is 13.3 Å². The molecule has 1 atom stereocenters. The van der Waals surface area contributed by atoms with Crippen LogP contribution < -0.4 is 5.32 Å². The quantitative estimate of drug-likeness (QED) is 0.473. The number of ketones is 1. The Morgan fingerprint density at radius 2 is 1.53 bits per heavy atom. The smallest absolute Gasteiger partial charge is 0.417 e. The van der Waals surface area contributed by atoms with E-state index in [-0.39, 0.29) is 12.1 Å². The first-order chi connectivity index (χ1) is 13.6. The normalized spacial score (nSPS) is 12.8. The van der Waals surface area contributed by atoms with Crippen LogP contribution in [0.5, 0.6) is 0 Å². The van der Waals surface area contributed by atoms with Gasteiger partial charge in [-0.15, -0.1) is 0 Å². The maximum absolute atomic E-state index is 13.1. The van der Waals surface area contributed by atoms with Crippen LogP contribution in [-0.4, -0.2) is 41.4 Å². The Hall–Kier alpha value is -3.12. The average Bonchev–Trinajstić information content (AvgIpc) is 2.60. The SMILES string of the molecule is CC(=O)NC(CCC(=O)O)C(=O)COC(=O)c1c(C(F)(F)F)cccc1C(F)(F)F. The zero-order chi connectivity index (χ0) is 23.3. The molecule has 1 unspecified atom stereocenters. The fraction of sp³-hybridized carbons (Fsp3) is 0.412. The van der Waals surface area contributed by atoms with E-state index in [2.05, 4.69) is 10.1 Å². The number of Topliss-reactive ketones (excluding diaryl/α,β-unsaturated/α-hetero) is 1. The van der Waals surface area contributed by atoms with E-state index in [0.29, 0.717) is 6.07 Å². The number of alkyl halides is 6. The van der Waals surface area contributed by atoms with Gasteiger partial charge in [-0.3, -0.25) is 14.4 Å². The molecule has 0 fully saturated rings. The van der Waals surface area contributed by atoms with Crippen molar-refractivity contribution in [1.82, 2.24) is 5.32 Å². The number of ether oxygens (including phenoxy) is 1. The van der Waals surface area contributed by atoms with E-state index < -0.39 is 78.2 Å². The number of rotatable bonds is 8. The number of hydrogen-bond acceptors (Lipinski definition) is 5. The summed E-state index contributed by atoms with van der Waals surface area (Å²) in [5.41, 5.74) is -5.62. The number of amides is 1. The molecule has 1 aromatic carbocycles. The fourth-order valence-corrected chi connectivity index (χ4v) is 2.38. The molecule has 30 heavy (non-hydrogen) atoms. The zero-order valence-electron chi connectivity index (χ0n) is 15.2. The topological polar surface area (TPSA) is 110 Å². The van der Waals surface area contributed by atoms with Gasteiger partial charge in [-0.25, -0.2) is 4.79 Å². The van der Waals surface area contributed by atoms with E-state index in [1.165, 1.54) is 0 Å². The van der Waals surface area contributed by atoms with E-state index in [9.17, 15) is 45.5 Å². The molecule has 13 heteroatoms. The number of aliphatic carboxylic acids is 1. The molecule has 0 aliphatic rings. The molecule has 0 aromatic heterocycles. The highest BCUT2D eigenvalue weighted by atomic mass is 19.4. The van der Waals surface area contributed by atoms with Crippen LogP contribution in [0.3, 0.4) is 0 Å². The molecule has 0 saturated carbocycles. The Labute approximate surface area is 165 Å². The first kappa shape index (κ1) is 24.9. The fourth-order valence-electron chi connectivity index (χ4n) is 2.38. The largest absolute Gasteiger partial charge is 0.481 e. The molecule has 0 spiro atoms. The van der Waals surface area contributed by atoms with E-state index >= 15 is 0 Å². The minimum atomic E-state index is -5.32. The Bertz CT molecular complexity index is 801. The van der Waals surface area contributed by atoms with Crippen LogP contribution in [0.15, 0.2) is 18.2 Å². The summed E-state index contributed by atoms with van der Waals surface area (Å²) in [4.78, 5) is 45.8. The second-order valence-electron chi connectivity index (χ2n) is 5.95. The van der Waals surface area contributed by atoms with Crippen LogP contribution in [-0.2, 0) is 31.5 Å². The van der Waals surface area contributed by atoms with Crippen molar-refractivity contribution >= 4 is 23.6 Å².